The predicted octanol–water partition coefficient (Wildman–Crippen LogP) is 1.28. The van der Waals surface area contributed by atoms with Gasteiger partial charge in [0, 0.05) is 0 Å². The topological polar surface area (TPSA) is 50.2 Å². The third kappa shape index (κ3) is 4.38. The van der Waals surface area contributed by atoms with Crippen LogP contribution in [0.1, 0.15) is 13.3 Å². The van der Waals surface area contributed by atoms with Crippen molar-refractivity contribution in [2.75, 3.05) is 12.9 Å². The molecule has 0 amide bonds. The number of esters is 1. The van der Waals surface area contributed by atoms with Gasteiger partial charge < -0.3 is 4.74 Å². The number of ether oxygens (including phenoxy) is 1. The van der Waals surface area contributed by atoms with Gasteiger partial charge in [0.15, 0.2) is 0 Å². The lowest BCUT2D eigenvalue weighted by molar-refractivity contribution is -0.137. The zero-order chi connectivity index (χ0) is 7.98. The van der Waals surface area contributed by atoms with Gasteiger partial charge in [-0.1, -0.05) is 18.7 Å². The van der Waals surface area contributed by atoms with Crippen LogP contribution in [0, 0.1) is 5.41 Å². The van der Waals surface area contributed by atoms with E-state index in [1.54, 1.807) is 0 Å². The standard InChI is InChI=1S/C6H11NO2S/c1-3-5(7)10-4-6(8)9-2/h7H,3-4H2,1-2H3. The van der Waals surface area contributed by atoms with Crippen LogP contribution in [0.15, 0.2) is 0 Å². The maximum absolute atomic E-state index is 10.5. The molecule has 10 heavy (non-hydrogen) atoms. The summed E-state index contributed by atoms with van der Waals surface area (Å²) in [6, 6.07) is 0. The fourth-order valence-electron chi connectivity index (χ4n) is 0.307. The molecule has 0 saturated carbocycles. The van der Waals surface area contributed by atoms with Crippen molar-refractivity contribution < 1.29 is 9.53 Å². The molecule has 0 spiro atoms. The zero-order valence-corrected chi connectivity index (χ0v) is 6.96. The van der Waals surface area contributed by atoms with Crippen molar-refractivity contribution >= 4 is 22.8 Å². The van der Waals surface area contributed by atoms with Crippen molar-refractivity contribution in [3.05, 3.63) is 0 Å². The highest BCUT2D eigenvalue weighted by atomic mass is 32.2. The summed E-state index contributed by atoms with van der Waals surface area (Å²) < 4.78 is 4.39. The Labute approximate surface area is 64.6 Å². The molecule has 0 atom stereocenters. The predicted molar refractivity (Wildman–Crippen MR) is 42.5 cm³/mol. The van der Waals surface area contributed by atoms with Crippen LogP contribution in [-0.2, 0) is 9.53 Å². The van der Waals surface area contributed by atoms with Gasteiger partial charge in [-0.25, -0.2) is 0 Å². The molecule has 0 radical (unpaired) electrons. The number of carbonyl (C=O) groups is 1. The highest BCUT2D eigenvalue weighted by Crippen LogP contribution is 2.04. The molecule has 0 rings (SSSR count). The Hall–Kier alpha value is -0.510. The Bertz CT molecular complexity index is 120. The third-order valence-electron chi connectivity index (χ3n) is 0.913. The lowest BCUT2D eigenvalue weighted by atomic mass is 10.5. The highest BCUT2D eigenvalue weighted by Gasteiger charge is 2.01. The number of rotatable bonds is 3. The molecule has 0 aliphatic heterocycles. The van der Waals surface area contributed by atoms with Gasteiger partial charge in [-0.15, -0.1) is 0 Å². The molecule has 0 aromatic heterocycles. The SMILES string of the molecule is CCC(=N)SCC(=O)OC. The van der Waals surface area contributed by atoms with Crippen LogP contribution in [-0.4, -0.2) is 23.9 Å². The molecule has 1 N–H and O–H groups in total. The summed E-state index contributed by atoms with van der Waals surface area (Å²) in [6.45, 7) is 1.88. The first kappa shape index (κ1) is 9.49. The number of nitrogens with one attached hydrogen (secondary N) is 1. The van der Waals surface area contributed by atoms with E-state index < -0.39 is 0 Å². The van der Waals surface area contributed by atoms with Crippen molar-refractivity contribution in [1.82, 2.24) is 0 Å². The minimum absolute atomic E-state index is 0.253. The van der Waals surface area contributed by atoms with Gasteiger partial charge in [-0.3, -0.25) is 10.2 Å². The Balaban J connectivity index is 3.35. The van der Waals surface area contributed by atoms with E-state index in [1.807, 2.05) is 6.92 Å². The molecule has 0 heterocycles. The van der Waals surface area contributed by atoms with Crippen LogP contribution in [0.5, 0.6) is 0 Å². The van der Waals surface area contributed by atoms with Crippen molar-refractivity contribution in [1.29, 1.82) is 5.41 Å². The van der Waals surface area contributed by atoms with Crippen LogP contribution in [0.4, 0.5) is 0 Å². The largest absolute Gasteiger partial charge is 0.468 e. The van der Waals surface area contributed by atoms with E-state index in [9.17, 15) is 4.79 Å². The maximum Gasteiger partial charge on any atom is 0.316 e. The summed E-state index contributed by atoms with van der Waals surface area (Å²) in [5.74, 6) is -0.0217. The minimum atomic E-state index is -0.275. The molecule has 0 saturated heterocycles. The van der Waals surface area contributed by atoms with Gasteiger partial charge in [0.1, 0.15) is 0 Å². The van der Waals surface area contributed by atoms with Crippen molar-refractivity contribution in [3.8, 4) is 0 Å². The second-order valence-corrected chi connectivity index (χ2v) is 2.71. The summed E-state index contributed by atoms with van der Waals surface area (Å²) in [5.41, 5.74) is 0. The Morgan fingerprint density at radius 3 is 2.70 bits per heavy atom. The summed E-state index contributed by atoms with van der Waals surface area (Å²) in [6.07, 6.45) is 0.682. The zero-order valence-electron chi connectivity index (χ0n) is 6.14. The minimum Gasteiger partial charge on any atom is -0.468 e. The van der Waals surface area contributed by atoms with Crippen LogP contribution >= 0.6 is 11.8 Å². The van der Waals surface area contributed by atoms with Gasteiger partial charge in [0.05, 0.1) is 17.9 Å². The van der Waals surface area contributed by atoms with Crippen LogP contribution < -0.4 is 0 Å². The molecule has 0 bridgehead atoms. The lowest BCUT2D eigenvalue weighted by Gasteiger charge is -1.97. The van der Waals surface area contributed by atoms with Crippen LogP contribution in [0.25, 0.3) is 0 Å². The molecule has 0 fully saturated rings. The molecule has 0 aliphatic carbocycles. The summed E-state index contributed by atoms with van der Waals surface area (Å²) >= 11 is 1.22. The second-order valence-electron chi connectivity index (χ2n) is 1.64. The van der Waals surface area contributed by atoms with E-state index in [4.69, 9.17) is 5.41 Å². The van der Waals surface area contributed by atoms with Crippen molar-refractivity contribution in [2.45, 2.75) is 13.3 Å². The third-order valence-corrected chi connectivity index (χ3v) is 1.93. The highest BCUT2D eigenvalue weighted by molar-refractivity contribution is 8.14. The van der Waals surface area contributed by atoms with E-state index in [0.29, 0.717) is 11.5 Å². The van der Waals surface area contributed by atoms with E-state index in [-0.39, 0.29) is 11.7 Å². The number of hydrogen-bond acceptors (Lipinski definition) is 4. The molecule has 0 aromatic rings. The van der Waals surface area contributed by atoms with Crippen LogP contribution in [0.3, 0.4) is 0 Å². The molecule has 0 aromatic carbocycles. The molecule has 0 aliphatic rings. The second kappa shape index (κ2) is 5.29. The van der Waals surface area contributed by atoms with Gasteiger partial charge in [0.25, 0.3) is 0 Å². The first-order valence-corrected chi connectivity index (χ1v) is 3.96. The van der Waals surface area contributed by atoms with Gasteiger partial charge in [0.2, 0.25) is 0 Å². The van der Waals surface area contributed by atoms with Crippen LogP contribution in [0.2, 0.25) is 0 Å². The normalized spacial score (nSPS) is 9.00. The smallest absolute Gasteiger partial charge is 0.316 e. The molecule has 0 unspecified atom stereocenters. The Kier molecular flexibility index (Phi) is 5.02. The average molecular weight is 161 g/mol. The maximum atomic E-state index is 10.5. The van der Waals surface area contributed by atoms with Crippen molar-refractivity contribution in [2.24, 2.45) is 0 Å². The molecule has 3 nitrogen and oxygen atoms in total. The first-order chi connectivity index (χ1) is 4.70. The molecular formula is C6H11NO2S. The van der Waals surface area contributed by atoms with E-state index in [1.165, 1.54) is 18.9 Å². The summed E-state index contributed by atoms with van der Waals surface area (Å²) in [5, 5.41) is 7.68. The quantitative estimate of drug-likeness (QED) is 0.385. The number of carbonyl (C=O) groups excluding carboxylic acids is 1. The Morgan fingerprint density at radius 2 is 2.30 bits per heavy atom. The molecule has 4 heteroatoms. The number of hydrogen-bond donors (Lipinski definition) is 1. The summed E-state index contributed by atoms with van der Waals surface area (Å²) in [7, 11) is 1.35. The van der Waals surface area contributed by atoms with Crippen molar-refractivity contribution in [3.63, 3.8) is 0 Å². The van der Waals surface area contributed by atoms with E-state index in [2.05, 4.69) is 4.74 Å². The van der Waals surface area contributed by atoms with E-state index in [0.717, 1.165) is 0 Å². The fraction of sp³-hybridized carbons (Fsp3) is 0.667. The average Bonchev–Trinajstić information content (AvgIpc) is 1.99. The molecular weight excluding hydrogens is 150 g/mol. The van der Waals surface area contributed by atoms with E-state index >= 15 is 0 Å². The van der Waals surface area contributed by atoms with Gasteiger partial charge in [-0.2, -0.15) is 0 Å². The van der Waals surface area contributed by atoms with Gasteiger partial charge in [-0.05, 0) is 6.42 Å². The fourth-order valence-corrected chi connectivity index (χ4v) is 0.921. The number of thioether (sulfide) groups is 1. The van der Waals surface area contributed by atoms with Gasteiger partial charge >= 0.3 is 5.97 Å². The first-order valence-electron chi connectivity index (χ1n) is 2.97. The lowest BCUT2D eigenvalue weighted by Crippen LogP contribution is -2.05. The summed E-state index contributed by atoms with van der Waals surface area (Å²) in [4.78, 5) is 10.5. The molecule has 58 valence electrons. The number of methoxy groups -OCH3 is 1. The Morgan fingerprint density at radius 1 is 1.70 bits per heavy atom. The monoisotopic (exact) mass is 161 g/mol.